The summed E-state index contributed by atoms with van der Waals surface area (Å²) in [5.74, 6) is 1.43. The van der Waals surface area contributed by atoms with Crippen molar-refractivity contribution in [2.24, 2.45) is 10.9 Å². The first-order valence-corrected chi connectivity index (χ1v) is 11.2. The van der Waals surface area contributed by atoms with Gasteiger partial charge in [-0.15, -0.1) is 0 Å². The van der Waals surface area contributed by atoms with Crippen LogP contribution in [0.15, 0.2) is 82.4 Å². The number of benzene rings is 2. The second-order valence-corrected chi connectivity index (χ2v) is 8.13. The Morgan fingerprint density at radius 2 is 1.91 bits per heavy atom. The third-order valence-electron chi connectivity index (χ3n) is 5.67. The third kappa shape index (κ3) is 6.46. The summed E-state index contributed by atoms with van der Waals surface area (Å²) in [5, 5.41) is 6.27. The van der Waals surface area contributed by atoms with E-state index >= 15 is 0 Å². The zero-order valence-corrected chi connectivity index (χ0v) is 18.9. The molecule has 2 heterocycles. The van der Waals surface area contributed by atoms with Crippen molar-refractivity contribution >= 4 is 17.6 Å². The fourth-order valence-corrected chi connectivity index (χ4v) is 3.90. The standard InChI is InChI=1S/C26H30N4O3/c1-27-26(30-14-13-22(17-30)19-32-18-21-6-3-2-4-7-21)28-16-20-9-11-23(12-10-20)29-25(31)24-8-5-15-33-24/h2-12,15,22H,13-14,16-19H2,1H3,(H,27,28)(H,29,31). The van der Waals surface area contributed by atoms with Crippen LogP contribution in [0.1, 0.15) is 28.1 Å². The summed E-state index contributed by atoms with van der Waals surface area (Å²) in [4.78, 5) is 18.8. The molecular formula is C26H30N4O3. The largest absolute Gasteiger partial charge is 0.459 e. The van der Waals surface area contributed by atoms with E-state index in [4.69, 9.17) is 9.15 Å². The summed E-state index contributed by atoms with van der Waals surface area (Å²) in [7, 11) is 1.81. The van der Waals surface area contributed by atoms with E-state index < -0.39 is 0 Å². The fraction of sp³-hybridized carbons (Fsp3) is 0.308. The molecule has 0 radical (unpaired) electrons. The molecule has 2 N–H and O–H groups in total. The molecule has 1 aliphatic rings. The van der Waals surface area contributed by atoms with Gasteiger partial charge in [0.1, 0.15) is 0 Å². The minimum atomic E-state index is -0.261. The van der Waals surface area contributed by atoms with E-state index in [9.17, 15) is 4.79 Å². The quantitative estimate of drug-likeness (QED) is 0.402. The maximum atomic E-state index is 12.1. The van der Waals surface area contributed by atoms with Crippen molar-refractivity contribution in [1.29, 1.82) is 0 Å². The molecule has 172 valence electrons. The molecule has 1 atom stereocenters. The number of nitrogens with zero attached hydrogens (tertiary/aromatic N) is 2. The number of likely N-dealkylation sites (tertiary alicyclic amines) is 1. The molecule has 2 aromatic carbocycles. The van der Waals surface area contributed by atoms with Crippen molar-refractivity contribution in [3.8, 4) is 0 Å². The Morgan fingerprint density at radius 1 is 1.09 bits per heavy atom. The molecule has 3 aromatic rings. The maximum Gasteiger partial charge on any atom is 0.291 e. The molecule has 0 bridgehead atoms. The first-order valence-electron chi connectivity index (χ1n) is 11.2. The molecule has 1 aromatic heterocycles. The Bertz CT molecular complexity index is 1030. The van der Waals surface area contributed by atoms with E-state index in [1.807, 2.05) is 49.5 Å². The van der Waals surface area contributed by atoms with Gasteiger partial charge >= 0.3 is 0 Å². The zero-order chi connectivity index (χ0) is 22.9. The van der Waals surface area contributed by atoms with Gasteiger partial charge < -0.3 is 24.7 Å². The number of hydrogen-bond acceptors (Lipinski definition) is 4. The second-order valence-electron chi connectivity index (χ2n) is 8.13. The number of carbonyl (C=O) groups excluding carboxylic acids is 1. The summed E-state index contributed by atoms with van der Waals surface area (Å²) in [6.45, 7) is 3.98. The minimum absolute atomic E-state index is 0.261. The van der Waals surface area contributed by atoms with Crippen LogP contribution in [-0.2, 0) is 17.9 Å². The monoisotopic (exact) mass is 446 g/mol. The van der Waals surface area contributed by atoms with Crippen LogP contribution >= 0.6 is 0 Å². The number of guanidine groups is 1. The van der Waals surface area contributed by atoms with Crippen LogP contribution in [0.25, 0.3) is 0 Å². The number of amides is 1. The van der Waals surface area contributed by atoms with E-state index in [0.717, 1.165) is 43.3 Å². The number of rotatable bonds is 8. The molecule has 1 unspecified atom stereocenters. The van der Waals surface area contributed by atoms with Crippen molar-refractivity contribution in [2.45, 2.75) is 19.6 Å². The van der Waals surface area contributed by atoms with Crippen LogP contribution in [0.3, 0.4) is 0 Å². The second kappa shape index (κ2) is 11.3. The Hall–Kier alpha value is -3.58. The van der Waals surface area contributed by atoms with Gasteiger partial charge in [-0.1, -0.05) is 42.5 Å². The molecule has 0 aliphatic carbocycles. The highest BCUT2D eigenvalue weighted by molar-refractivity contribution is 6.02. The summed E-state index contributed by atoms with van der Waals surface area (Å²) < 4.78 is 11.1. The summed E-state index contributed by atoms with van der Waals surface area (Å²) >= 11 is 0. The lowest BCUT2D eigenvalue weighted by Crippen LogP contribution is -2.39. The van der Waals surface area contributed by atoms with Gasteiger partial charge in [-0.05, 0) is 41.8 Å². The molecule has 0 saturated carbocycles. The number of hydrogen-bond donors (Lipinski definition) is 2. The number of carbonyl (C=O) groups is 1. The van der Waals surface area contributed by atoms with Crippen molar-refractivity contribution in [3.63, 3.8) is 0 Å². The van der Waals surface area contributed by atoms with E-state index in [0.29, 0.717) is 24.8 Å². The third-order valence-corrected chi connectivity index (χ3v) is 5.67. The van der Waals surface area contributed by atoms with Gasteiger partial charge in [-0.25, -0.2) is 0 Å². The number of aliphatic imine (C=N–C) groups is 1. The molecule has 1 fully saturated rings. The highest BCUT2D eigenvalue weighted by atomic mass is 16.5. The van der Waals surface area contributed by atoms with Gasteiger partial charge in [0.05, 0.1) is 19.5 Å². The predicted octanol–water partition coefficient (Wildman–Crippen LogP) is 4.15. The van der Waals surface area contributed by atoms with Gasteiger partial charge in [0, 0.05) is 38.3 Å². The summed E-state index contributed by atoms with van der Waals surface area (Å²) in [6.07, 6.45) is 2.58. The smallest absolute Gasteiger partial charge is 0.291 e. The Balaban J connectivity index is 1.20. The first-order chi connectivity index (χ1) is 16.2. The number of nitrogens with one attached hydrogen (secondary N) is 2. The number of ether oxygens (including phenoxy) is 1. The molecule has 0 spiro atoms. The fourth-order valence-electron chi connectivity index (χ4n) is 3.90. The molecule has 7 nitrogen and oxygen atoms in total. The van der Waals surface area contributed by atoms with E-state index in [2.05, 4.69) is 32.7 Å². The van der Waals surface area contributed by atoms with E-state index in [-0.39, 0.29) is 5.91 Å². The van der Waals surface area contributed by atoms with Gasteiger partial charge in [-0.2, -0.15) is 0 Å². The molecular weight excluding hydrogens is 416 g/mol. The number of furan rings is 1. The SMILES string of the molecule is CN=C(NCc1ccc(NC(=O)c2ccco2)cc1)N1CCC(COCc2ccccc2)C1. The highest BCUT2D eigenvalue weighted by Gasteiger charge is 2.25. The average Bonchev–Trinajstić information content (AvgIpc) is 3.54. The predicted molar refractivity (Wildman–Crippen MR) is 129 cm³/mol. The Kier molecular flexibility index (Phi) is 7.76. The molecule has 7 heteroatoms. The molecule has 1 amide bonds. The van der Waals surface area contributed by atoms with Crippen molar-refractivity contribution in [2.75, 3.05) is 32.1 Å². The lowest BCUT2D eigenvalue weighted by molar-refractivity contribution is 0.0906. The lowest BCUT2D eigenvalue weighted by atomic mass is 10.1. The first kappa shape index (κ1) is 22.6. The topological polar surface area (TPSA) is 79.1 Å². The van der Waals surface area contributed by atoms with Crippen LogP contribution in [0, 0.1) is 5.92 Å². The van der Waals surface area contributed by atoms with Crippen molar-refractivity contribution < 1.29 is 13.9 Å². The number of anilines is 1. The van der Waals surface area contributed by atoms with Crippen molar-refractivity contribution in [1.82, 2.24) is 10.2 Å². The lowest BCUT2D eigenvalue weighted by Gasteiger charge is -2.22. The van der Waals surface area contributed by atoms with Gasteiger partial charge in [0.15, 0.2) is 11.7 Å². The highest BCUT2D eigenvalue weighted by Crippen LogP contribution is 2.18. The van der Waals surface area contributed by atoms with Crippen molar-refractivity contribution in [3.05, 3.63) is 89.9 Å². The van der Waals surface area contributed by atoms with Crippen LogP contribution in [0.5, 0.6) is 0 Å². The zero-order valence-electron chi connectivity index (χ0n) is 18.9. The molecule has 1 aliphatic heterocycles. The Morgan fingerprint density at radius 3 is 2.64 bits per heavy atom. The van der Waals surface area contributed by atoms with E-state index in [1.54, 1.807) is 12.1 Å². The minimum Gasteiger partial charge on any atom is -0.459 e. The van der Waals surface area contributed by atoms with Gasteiger partial charge in [0.25, 0.3) is 5.91 Å². The van der Waals surface area contributed by atoms with Crippen LogP contribution in [0.4, 0.5) is 5.69 Å². The maximum absolute atomic E-state index is 12.1. The van der Waals surface area contributed by atoms with Crippen LogP contribution in [0.2, 0.25) is 0 Å². The molecule has 1 saturated heterocycles. The van der Waals surface area contributed by atoms with Crippen LogP contribution < -0.4 is 10.6 Å². The summed E-state index contributed by atoms with van der Waals surface area (Å²) in [6, 6.07) is 21.3. The van der Waals surface area contributed by atoms with Gasteiger partial charge in [0.2, 0.25) is 0 Å². The van der Waals surface area contributed by atoms with Crippen LogP contribution in [-0.4, -0.2) is 43.5 Å². The summed E-state index contributed by atoms with van der Waals surface area (Å²) in [5.41, 5.74) is 3.04. The normalized spacial score (nSPS) is 16.1. The molecule has 33 heavy (non-hydrogen) atoms. The average molecular weight is 447 g/mol. The van der Waals surface area contributed by atoms with Gasteiger partial charge in [-0.3, -0.25) is 9.79 Å². The van der Waals surface area contributed by atoms with E-state index in [1.165, 1.54) is 11.8 Å². The molecule has 4 rings (SSSR count). The Labute approximate surface area is 194 Å².